The largest absolute Gasteiger partial charge is 0.292 e. The zero-order valence-corrected chi connectivity index (χ0v) is 23.0. The summed E-state index contributed by atoms with van der Waals surface area (Å²) in [5, 5.41) is 2.24. The average molecular weight is 581 g/mol. The average Bonchev–Trinajstić information content (AvgIpc) is 3.26. The Labute approximate surface area is 246 Å². The van der Waals surface area contributed by atoms with Crippen LogP contribution in [-0.2, 0) is 9.59 Å². The van der Waals surface area contributed by atoms with Crippen molar-refractivity contribution in [2.24, 2.45) is 11.8 Å². The molecule has 0 saturated carbocycles. The van der Waals surface area contributed by atoms with E-state index < -0.39 is 41.9 Å². The number of hydrazine groups is 1. The van der Waals surface area contributed by atoms with E-state index in [0.717, 1.165) is 32.3 Å². The fourth-order valence-electron chi connectivity index (χ4n) is 6.79. The first-order valence-electron chi connectivity index (χ1n) is 13.3. The number of Topliss-reactive ketones (excluding diaryl/α,β-unsaturated/α-hetero) is 1. The summed E-state index contributed by atoms with van der Waals surface area (Å²) >= 11 is 12.5. The quantitative estimate of drug-likeness (QED) is 0.210. The molecule has 41 heavy (non-hydrogen) atoms. The first-order chi connectivity index (χ1) is 19.9. The molecule has 0 spiro atoms. The van der Waals surface area contributed by atoms with Gasteiger partial charge in [0, 0.05) is 22.4 Å². The van der Waals surface area contributed by atoms with Crippen molar-refractivity contribution in [3.05, 3.63) is 140 Å². The van der Waals surface area contributed by atoms with Crippen molar-refractivity contribution in [1.29, 1.82) is 0 Å². The highest BCUT2D eigenvalue weighted by Crippen LogP contribution is 2.61. The summed E-state index contributed by atoms with van der Waals surface area (Å²) < 4.78 is 0. The van der Waals surface area contributed by atoms with Crippen LogP contribution in [0.3, 0.4) is 0 Å². The number of amides is 3. The van der Waals surface area contributed by atoms with Gasteiger partial charge in [0.15, 0.2) is 5.78 Å². The number of halogens is 2. The standard InChI is InChI=1S/C33H22Cl2N2O4/c34-19-14-15-24(25(35)16-19)31(39)36(17-26(38)18-8-2-1-3-9-18)37-32(40)29-27-20-10-4-5-11-21(20)28(30(29)33(37)41)23-13-7-6-12-22(23)27/h1-16,27-30H,17H2/t27?,28?,29-,30-/m0/s1. The molecule has 0 N–H and O–H groups in total. The highest BCUT2D eigenvalue weighted by Gasteiger charge is 2.63. The third kappa shape index (κ3) is 3.85. The lowest BCUT2D eigenvalue weighted by Gasteiger charge is -2.45. The molecule has 4 aliphatic rings. The Morgan fingerprint density at radius 3 is 1.66 bits per heavy atom. The lowest BCUT2D eigenvalue weighted by atomic mass is 9.55. The van der Waals surface area contributed by atoms with Gasteiger partial charge in [-0.15, -0.1) is 0 Å². The summed E-state index contributed by atoms with van der Waals surface area (Å²) in [6.07, 6.45) is 0. The zero-order valence-electron chi connectivity index (χ0n) is 21.5. The molecule has 0 unspecified atom stereocenters. The molecule has 4 aromatic rings. The lowest BCUT2D eigenvalue weighted by molar-refractivity contribution is -0.154. The van der Waals surface area contributed by atoms with E-state index in [1.54, 1.807) is 30.3 Å². The molecule has 1 fully saturated rings. The summed E-state index contributed by atoms with van der Waals surface area (Å²) in [7, 11) is 0. The van der Waals surface area contributed by atoms with Gasteiger partial charge in [-0.1, -0.05) is 102 Å². The second-order valence-corrected chi connectivity index (χ2v) is 11.4. The maximum atomic E-state index is 14.3. The van der Waals surface area contributed by atoms with Crippen molar-refractivity contribution >= 4 is 46.7 Å². The Balaban J connectivity index is 1.35. The van der Waals surface area contributed by atoms with Crippen LogP contribution in [0.1, 0.15) is 54.8 Å². The third-order valence-corrected chi connectivity index (χ3v) is 9.00. The Morgan fingerprint density at radius 2 is 1.17 bits per heavy atom. The maximum absolute atomic E-state index is 14.3. The van der Waals surface area contributed by atoms with Crippen molar-refractivity contribution in [3.63, 3.8) is 0 Å². The van der Waals surface area contributed by atoms with Crippen molar-refractivity contribution in [1.82, 2.24) is 10.0 Å². The summed E-state index contributed by atoms with van der Waals surface area (Å²) in [6, 6.07) is 28.6. The third-order valence-electron chi connectivity index (χ3n) is 8.45. The molecule has 3 amide bonds. The lowest BCUT2D eigenvalue weighted by Crippen LogP contribution is -2.52. The predicted molar refractivity (Wildman–Crippen MR) is 154 cm³/mol. The van der Waals surface area contributed by atoms with Crippen molar-refractivity contribution in [2.45, 2.75) is 11.8 Å². The molecule has 4 aromatic carbocycles. The number of benzene rings is 4. The molecule has 2 bridgehead atoms. The van der Waals surface area contributed by atoms with Gasteiger partial charge in [-0.2, -0.15) is 5.01 Å². The Bertz CT molecular complexity index is 1660. The van der Waals surface area contributed by atoms with Crippen LogP contribution in [0.5, 0.6) is 0 Å². The SMILES string of the molecule is O=C(CN(C(=O)c1ccc(Cl)cc1Cl)N1C(=O)[C@H]2C3c4ccccc4C(c4ccccc43)[C@@H]2C1=O)c1ccccc1. The van der Waals surface area contributed by atoms with E-state index in [4.69, 9.17) is 23.2 Å². The Kier molecular flexibility index (Phi) is 6.07. The molecular formula is C33H22Cl2N2O4. The minimum atomic E-state index is -0.737. The van der Waals surface area contributed by atoms with Gasteiger partial charge in [0.1, 0.15) is 6.54 Å². The molecule has 8 heteroatoms. The Hall–Kier alpha value is -4.26. The van der Waals surface area contributed by atoms with Crippen molar-refractivity contribution < 1.29 is 19.2 Å². The first-order valence-corrected chi connectivity index (χ1v) is 14.0. The summed E-state index contributed by atoms with van der Waals surface area (Å²) in [5.41, 5.74) is 4.43. The first kappa shape index (κ1) is 25.7. The van der Waals surface area contributed by atoms with Gasteiger partial charge in [-0.3, -0.25) is 19.2 Å². The number of imide groups is 1. The molecule has 0 aromatic heterocycles. The van der Waals surface area contributed by atoms with Gasteiger partial charge in [-0.25, -0.2) is 5.01 Å². The molecule has 202 valence electrons. The van der Waals surface area contributed by atoms with Gasteiger partial charge >= 0.3 is 0 Å². The van der Waals surface area contributed by atoms with Gasteiger partial charge in [0.25, 0.3) is 17.7 Å². The number of rotatable bonds is 5. The smallest absolute Gasteiger partial charge is 0.274 e. The molecule has 8 rings (SSSR count). The van der Waals surface area contributed by atoms with Crippen LogP contribution in [-0.4, -0.2) is 40.1 Å². The number of hydrogen-bond acceptors (Lipinski definition) is 4. The van der Waals surface area contributed by atoms with Crippen LogP contribution in [0.15, 0.2) is 97.1 Å². The monoisotopic (exact) mass is 580 g/mol. The van der Waals surface area contributed by atoms with Crippen LogP contribution in [0.2, 0.25) is 10.0 Å². The van der Waals surface area contributed by atoms with Gasteiger partial charge in [0.05, 0.1) is 22.4 Å². The molecule has 0 radical (unpaired) electrons. The van der Waals surface area contributed by atoms with E-state index in [1.807, 2.05) is 48.5 Å². The van der Waals surface area contributed by atoms with Crippen LogP contribution >= 0.6 is 23.2 Å². The molecule has 2 atom stereocenters. The molecule has 1 heterocycles. The fraction of sp³-hybridized carbons (Fsp3) is 0.152. The van der Waals surface area contributed by atoms with Gasteiger partial charge < -0.3 is 0 Å². The van der Waals surface area contributed by atoms with Crippen molar-refractivity contribution in [2.75, 3.05) is 6.54 Å². The van der Waals surface area contributed by atoms with E-state index in [1.165, 1.54) is 18.2 Å². The molecule has 1 aliphatic heterocycles. The predicted octanol–water partition coefficient (Wildman–Crippen LogP) is 6.13. The molecular weight excluding hydrogens is 559 g/mol. The Morgan fingerprint density at radius 1 is 0.683 bits per heavy atom. The minimum absolute atomic E-state index is 0.0296. The van der Waals surface area contributed by atoms with Crippen LogP contribution in [0.25, 0.3) is 0 Å². The molecule has 6 nitrogen and oxygen atoms in total. The van der Waals surface area contributed by atoms with E-state index in [9.17, 15) is 19.2 Å². The second kappa shape index (κ2) is 9.68. The topological polar surface area (TPSA) is 74.8 Å². The fourth-order valence-corrected chi connectivity index (χ4v) is 7.28. The van der Waals surface area contributed by atoms with Crippen molar-refractivity contribution in [3.8, 4) is 0 Å². The number of ketones is 1. The highest BCUT2D eigenvalue weighted by atomic mass is 35.5. The summed E-state index contributed by atoms with van der Waals surface area (Å²) in [5.74, 6) is -4.27. The summed E-state index contributed by atoms with van der Waals surface area (Å²) in [6.45, 7) is -0.520. The van der Waals surface area contributed by atoms with Crippen LogP contribution < -0.4 is 0 Å². The van der Waals surface area contributed by atoms with E-state index in [0.29, 0.717) is 10.6 Å². The van der Waals surface area contributed by atoms with Crippen LogP contribution in [0.4, 0.5) is 0 Å². The number of nitrogens with zero attached hydrogens (tertiary/aromatic N) is 2. The number of carbonyl (C=O) groups excluding carboxylic acids is 4. The maximum Gasteiger partial charge on any atom is 0.274 e. The van der Waals surface area contributed by atoms with Gasteiger partial charge in [0.2, 0.25) is 0 Å². The minimum Gasteiger partial charge on any atom is -0.292 e. The normalized spacial score (nSPS) is 21.8. The summed E-state index contributed by atoms with van der Waals surface area (Å²) in [4.78, 5) is 56.1. The van der Waals surface area contributed by atoms with Gasteiger partial charge in [-0.05, 0) is 40.5 Å². The highest BCUT2D eigenvalue weighted by molar-refractivity contribution is 6.36. The molecule has 1 saturated heterocycles. The number of carbonyl (C=O) groups is 4. The van der Waals surface area contributed by atoms with E-state index >= 15 is 0 Å². The second-order valence-electron chi connectivity index (χ2n) is 10.5. The van der Waals surface area contributed by atoms with E-state index in [-0.39, 0.29) is 22.4 Å². The molecule has 3 aliphatic carbocycles. The van der Waals surface area contributed by atoms with E-state index in [2.05, 4.69) is 0 Å². The number of hydrogen-bond donors (Lipinski definition) is 0. The van der Waals surface area contributed by atoms with Crippen LogP contribution in [0, 0.1) is 11.8 Å². The zero-order chi connectivity index (χ0) is 28.4.